The molecule has 0 aliphatic heterocycles. The normalized spacial score (nSPS) is 10.7. The predicted octanol–water partition coefficient (Wildman–Crippen LogP) is 2.18. The Morgan fingerprint density at radius 2 is 2.00 bits per heavy atom. The van der Waals surface area contributed by atoms with E-state index in [2.05, 4.69) is 5.10 Å². The van der Waals surface area contributed by atoms with Crippen molar-refractivity contribution in [2.24, 2.45) is 7.05 Å². The van der Waals surface area contributed by atoms with Gasteiger partial charge in [-0.2, -0.15) is 5.10 Å². The Balaban J connectivity index is 2.58. The number of nitrogens with zero attached hydrogens (tertiary/aromatic N) is 2. The molecule has 0 aliphatic carbocycles. The number of aryl methyl sites for hydroxylation is 3. The van der Waals surface area contributed by atoms with Gasteiger partial charge >= 0.3 is 0 Å². The van der Waals surface area contributed by atoms with Crippen LogP contribution in [0.15, 0.2) is 10.6 Å². The van der Waals surface area contributed by atoms with Crippen molar-refractivity contribution in [2.45, 2.75) is 20.8 Å². The second kappa shape index (κ2) is 4.33. The molecule has 0 fully saturated rings. The number of rotatable bonds is 3. The molecule has 0 bridgehead atoms. The fourth-order valence-corrected chi connectivity index (χ4v) is 2.07. The van der Waals surface area contributed by atoms with E-state index in [1.807, 2.05) is 13.8 Å². The molecule has 0 spiro atoms. The van der Waals surface area contributed by atoms with Crippen molar-refractivity contribution in [3.63, 3.8) is 0 Å². The number of carbonyl (C=O) groups excluding carboxylic acids is 1. The van der Waals surface area contributed by atoms with Crippen LogP contribution in [0, 0.1) is 20.8 Å². The molecule has 18 heavy (non-hydrogen) atoms. The molecule has 2 aromatic heterocycles. The Bertz CT molecular complexity index is 608. The Hall–Kier alpha value is -2.04. The number of hydrogen-bond acceptors (Lipinski definition) is 4. The lowest BCUT2D eigenvalue weighted by Gasteiger charge is -2.04. The SMILES string of the molecule is COc1cnn(C)c1C(=O)c1c(C)oc(C)c1C. The summed E-state index contributed by atoms with van der Waals surface area (Å²) in [5.41, 5.74) is 1.89. The van der Waals surface area contributed by atoms with E-state index in [-0.39, 0.29) is 5.78 Å². The molecule has 0 aromatic carbocycles. The summed E-state index contributed by atoms with van der Waals surface area (Å²) in [6, 6.07) is 0. The van der Waals surface area contributed by atoms with Crippen LogP contribution in [0.2, 0.25) is 0 Å². The average Bonchev–Trinajstić information content (AvgIpc) is 2.80. The Morgan fingerprint density at radius 1 is 1.33 bits per heavy atom. The van der Waals surface area contributed by atoms with Crippen LogP contribution in [0.1, 0.15) is 33.1 Å². The number of carbonyl (C=O) groups is 1. The molecule has 2 aromatic rings. The molecule has 0 saturated carbocycles. The molecule has 2 heterocycles. The van der Waals surface area contributed by atoms with Gasteiger partial charge in [0.2, 0.25) is 5.78 Å². The molecule has 0 unspecified atom stereocenters. The minimum Gasteiger partial charge on any atom is -0.493 e. The van der Waals surface area contributed by atoms with E-state index >= 15 is 0 Å². The van der Waals surface area contributed by atoms with Crippen LogP contribution >= 0.6 is 0 Å². The van der Waals surface area contributed by atoms with Crippen molar-refractivity contribution in [2.75, 3.05) is 7.11 Å². The minimum atomic E-state index is -0.126. The van der Waals surface area contributed by atoms with E-state index in [0.29, 0.717) is 22.8 Å². The summed E-state index contributed by atoms with van der Waals surface area (Å²) >= 11 is 0. The van der Waals surface area contributed by atoms with Crippen molar-refractivity contribution in [3.8, 4) is 5.75 Å². The summed E-state index contributed by atoms with van der Waals surface area (Å²) in [4.78, 5) is 12.6. The zero-order valence-corrected chi connectivity index (χ0v) is 11.2. The predicted molar refractivity (Wildman–Crippen MR) is 66.1 cm³/mol. The van der Waals surface area contributed by atoms with Crippen molar-refractivity contribution in [3.05, 3.63) is 34.5 Å². The zero-order valence-electron chi connectivity index (χ0n) is 11.2. The monoisotopic (exact) mass is 248 g/mol. The van der Waals surface area contributed by atoms with E-state index in [1.54, 1.807) is 14.0 Å². The first-order valence-electron chi connectivity index (χ1n) is 5.64. The van der Waals surface area contributed by atoms with Crippen LogP contribution in [0.3, 0.4) is 0 Å². The van der Waals surface area contributed by atoms with Crippen LogP contribution in [0.4, 0.5) is 0 Å². The molecule has 0 atom stereocenters. The third kappa shape index (κ3) is 1.72. The van der Waals surface area contributed by atoms with Gasteiger partial charge in [0.15, 0.2) is 11.4 Å². The maximum absolute atomic E-state index is 12.6. The van der Waals surface area contributed by atoms with E-state index in [4.69, 9.17) is 9.15 Å². The van der Waals surface area contributed by atoms with Gasteiger partial charge in [-0.3, -0.25) is 9.48 Å². The first-order valence-corrected chi connectivity index (χ1v) is 5.64. The number of ether oxygens (including phenoxy) is 1. The fourth-order valence-electron chi connectivity index (χ4n) is 2.07. The standard InChI is InChI=1S/C13H16N2O3/c1-7-8(2)18-9(3)11(7)13(16)12-10(17-5)6-14-15(12)4/h6H,1-5H3. The zero-order chi connectivity index (χ0) is 13.4. The number of ketones is 1. The third-order valence-electron chi connectivity index (χ3n) is 3.13. The maximum Gasteiger partial charge on any atom is 0.218 e. The fraction of sp³-hybridized carbons (Fsp3) is 0.385. The van der Waals surface area contributed by atoms with Gasteiger partial charge in [0.25, 0.3) is 0 Å². The largest absolute Gasteiger partial charge is 0.493 e. The van der Waals surface area contributed by atoms with Crippen LogP contribution in [-0.2, 0) is 7.05 Å². The van der Waals surface area contributed by atoms with Crippen LogP contribution < -0.4 is 4.74 Å². The lowest BCUT2D eigenvalue weighted by Crippen LogP contribution is -2.11. The molecule has 0 saturated heterocycles. The van der Waals surface area contributed by atoms with Gasteiger partial charge in [0.1, 0.15) is 11.5 Å². The number of hydrogen-bond donors (Lipinski definition) is 0. The molecule has 0 N–H and O–H groups in total. The molecule has 2 rings (SSSR count). The van der Waals surface area contributed by atoms with Gasteiger partial charge in [-0.25, -0.2) is 0 Å². The van der Waals surface area contributed by atoms with Gasteiger partial charge in [-0.1, -0.05) is 0 Å². The van der Waals surface area contributed by atoms with Crippen molar-refractivity contribution in [1.82, 2.24) is 9.78 Å². The lowest BCUT2D eigenvalue weighted by atomic mass is 10.0. The van der Waals surface area contributed by atoms with Crippen LogP contribution in [-0.4, -0.2) is 22.7 Å². The molecule has 0 aliphatic rings. The van der Waals surface area contributed by atoms with Gasteiger partial charge in [-0.05, 0) is 20.8 Å². The highest BCUT2D eigenvalue weighted by atomic mass is 16.5. The van der Waals surface area contributed by atoms with Crippen LogP contribution in [0.5, 0.6) is 5.75 Å². The van der Waals surface area contributed by atoms with E-state index < -0.39 is 0 Å². The molecule has 5 nitrogen and oxygen atoms in total. The molecule has 0 radical (unpaired) electrons. The molecule has 96 valence electrons. The third-order valence-corrected chi connectivity index (χ3v) is 3.13. The number of furan rings is 1. The summed E-state index contributed by atoms with van der Waals surface area (Å²) in [5.74, 6) is 1.73. The first kappa shape index (κ1) is 12.4. The maximum atomic E-state index is 12.6. The van der Waals surface area contributed by atoms with E-state index in [1.165, 1.54) is 18.0 Å². The smallest absolute Gasteiger partial charge is 0.218 e. The van der Waals surface area contributed by atoms with Crippen LogP contribution in [0.25, 0.3) is 0 Å². The summed E-state index contributed by atoms with van der Waals surface area (Å²) in [6.07, 6.45) is 1.53. The van der Waals surface area contributed by atoms with E-state index in [9.17, 15) is 4.79 Å². The Kier molecular flexibility index (Phi) is 2.98. The summed E-state index contributed by atoms with van der Waals surface area (Å²) in [7, 11) is 3.24. The highest BCUT2D eigenvalue weighted by Gasteiger charge is 2.25. The second-order valence-corrected chi connectivity index (χ2v) is 4.23. The van der Waals surface area contributed by atoms with Crippen molar-refractivity contribution < 1.29 is 13.9 Å². The minimum absolute atomic E-state index is 0.126. The lowest BCUT2D eigenvalue weighted by molar-refractivity contribution is 0.102. The summed E-state index contributed by atoms with van der Waals surface area (Å²) < 4.78 is 12.2. The quantitative estimate of drug-likeness (QED) is 0.781. The highest BCUT2D eigenvalue weighted by Crippen LogP contribution is 2.27. The molecule has 0 amide bonds. The first-order chi connectivity index (χ1) is 8.47. The summed E-state index contributed by atoms with van der Waals surface area (Å²) in [6.45, 7) is 5.51. The number of aromatic nitrogens is 2. The number of methoxy groups -OCH3 is 1. The van der Waals surface area contributed by atoms with Gasteiger partial charge in [0, 0.05) is 12.6 Å². The Labute approximate surface area is 105 Å². The second-order valence-electron chi connectivity index (χ2n) is 4.23. The summed E-state index contributed by atoms with van der Waals surface area (Å²) in [5, 5.41) is 4.04. The van der Waals surface area contributed by atoms with E-state index in [0.717, 1.165) is 11.3 Å². The molecular formula is C13H16N2O3. The Morgan fingerprint density at radius 3 is 2.50 bits per heavy atom. The molecule has 5 heteroatoms. The highest BCUT2D eigenvalue weighted by molar-refractivity contribution is 6.11. The average molecular weight is 248 g/mol. The van der Waals surface area contributed by atoms with Crippen molar-refractivity contribution >= 4 is 5.78 Å². The van der Waals surface area contributed by atoms with Gasteiger partial charge in [0.05, 0.1) is 18.9 Å². The topological polar surface area (TPSA) is 57.3 Å². The van der Waals surface area contributed by atoms with Gasteiger partial charge in [-0.15, -0.1) is 0 Å². The molecular weight excluding hydrogens is 232 g/mol. The van der Waals surface area contributed by atoms with Crippen molar-refractivity contribution in [1.29, 1.82) is 0 Å². The van der Waals surface area contributed by atoms with Gasteiger partial charge < -0.3 is 9.15 Å².